The van der Waals surface area contributed by atoms with E-state index in [2.05, 4.69) is 40.6 Å². The zero-order valence-corrected chi connectivity index (χ0v) is 20.5. The van der Waals surface area contributed by atoms with E-state index in [9.17, 15) is 9.59 Å². The number of pyridine rings is 2. The minimum absolute atomic E-state index is 0.0379. The van der Waals surface area contributed by atoms with Gasteiger partial charge in [-0.3, -0.25) is 19.6 Å². The lowest BCUT2D eigenvalue weighted by Crippen LogP contribution is -2.54. The van der Waals surface area contributed by atoms with Crippen molar-refractivity contribution in [3.8, 4) is 11.5 Å². The van der Waals surface area contributed by atoms with Gasteiger partial charge >= 0.3 is 11.8 Å². The van der Waals surface area contributed by atoms with E-state index in [1.807, 2.05) is 6.92 Å². The van der Waals surface area contributed by atoms with Crippen molar-refractivity contribution in [3.63, 3.8) is 0 Å². The number of imidazole rings is 1. The van der Waals surface area contributed by atoms with Crippen molar-refractivity contribution in [1.29, 1.82) is 0 Å². The van der Waals surface area contributed by atoms with E-state index in [0.717, 1.165) is 0 Å². The Hall–Kier alpha value is -5.58. The summed E-state index contributed by atoms with van der Waals surface area (Å²) < 4.78 is 10.6. The summed E-state index contributed by atoms with van der Waals surface area (Å²) in [6, 6.07) is 0. The predicted octanol–water partition coefficient (Wildman–Crippen LogP) is 1.45. The molecule has 1 unspecified atom stereocenters. The number of fused-ring (bicyclic) bond motifs is 2. The number of nitrogen functional groups attached to an aromatic ring is 2. The van der Waals surface area contributed by atoms with Crippen LogP contribution in [0, 0.1) is 0 Å². The highest BCUT2D eigenvalue weighted by Gasteiger charge is 2.53. The molecule has 0 aromatic carbocycles. The predicted molar refractivity (Wildman–Crippen MR) is 133 cm³/mol. The summed E-state index contributed by atoms with van der Waals surface area (Å²) in [6.45, 7) is 4.07. The van der Waals surface area contributed by atoms with Gasteiger partial charge in [0.25, 0.3) is 0 Å². The van der Waals surface area contributed by atoms with Gasteiger partial charge in [0.2, 0.25) is 17.2 Å². The summed E-state index contributed by atoms with van der Waals surface area (Å²) in [7, 11) is 0. The van der Waals surface area contributed by atoms with E-state index in [4.69, 9.17) is 25.6 Å². The minimum Gasteiger partial charge on any atom is -0.379 e. The minimum atomic E-state index is -0.799. The number of hydrogen-bond acceptors (Lipinski definition) is 15. The third kappa shape index (κ3) is 3.37. The average molecular weight is 531 g/mol. The fourth-order valence-corrected chi connectivity index (χ4v) is 4.62. The Morgan fingerprint density at radius 1 is 1.03 bits per heavy atom. The molecule has 0 spiro atoms. The van der Waals surface area contributed by atoms with Crippen molar-refractivity contribution in [2.45, 2.75) is 20.4 Å². The van der Waals surface area contributed by atoms with E-state index >= 15 is 0 Å². The third-order valence-corrected chi connectivity index (χ3v) is 6.30. The van der Waals surface area contributed by atoms with Crippen LogP contribution in [0.1, 0.15) is 40.3 Å². The maximum absolute atomic E-state index is 14.0. The molecule has 0 amide bonds. The monoisotopic (exact) mass is 531 g/mol. The number of quaternary nitrogens is 1. The van der Waals surface area contributed by atoms with Crippen LogP contribution in [0.2, 0.25) is 0 Å². The first-order valence-corrected chi connectivity index (χ1v) is 11.6. The van der Waals surface area contributed by atoms with Crippen LogP contribution in [0.3, 0.4) is 0 Å². The molecular formula is C22H19N12O5+. The van der Waals surface area contributed by atoms with E-state index in [-0.39, 0.29) is 57.9 Å². The number of rotatable bonds is 7. The number of aliphatic imine (C=N–C) groups is 1. The van der Waals surface area contributed by atoms with Gasteiger partial charge in [0.05, 0.1) is 17.9 Å². The molecule has 0 bridgehead atoms. The summed E-state index contributed by atoms with van der Waals surface area (Å²) >= 11 is 0. The van der Waals surface area contributed by atoms with Crippen LogP contribution in [0.15, 0.2) is 39.0 Å². The Bertz CT molecular complexity index is 1800. The van der Waals surface area contributed by atoms with Gasteiger partial charge in [-0.25, -0.2) is 19.0 Å². The van der Waals surface area contributed by atoms with Gasteiger partial charge in [0.1, 0.15) is 23.2 Å². The molecule has 17 heteroatoms. The molecule has 39 heavy (non-hydrogen) atoms. The number of nitrogens with zero attached hydrogens (tertiary/aromatic N) is 10. The number of aryl methyl sites for hydroxylation is 1. The van der Waals surface area contributed by atoms with E-state index in [1.54, 1.807) is 11.5 Å². The van der Waals surface area contributed by atoms with Crippen molar-refractivity contribution in [2.75, 3.05) is 18.0 Å². The molecule has 196 valence electrons. The van der Waals surface area contributed by atoms with Crippen molar-refractivity contribution in [2.24, 2.45) is 4.99 Å². The van der Waals surface area contributed by atoms with Crippen molar-refractivity contribution in [3.05, 3.63) is 41.6 Å². The number of amidine groups is 1. The SMILES string of the molecule is CCn1c(-c2nonc2N)nc2cncc(C(=O)O[N+]3(CC)C(c4nonc4N)=Nc4cncc(C=O)c43)c21. The van der Waals surface area contributed by atoms with E-state index < -0.39 is 10.6 Å². The van der Waals surface area contributed by atoms with Gasteiger partial charge in [0.15, 0.2) is 29.3 Å². The molecule has 17 nitrogen and oxygen atoms in total. The lowest BCUT2D eigenvalue weighted by Gasteiger charge is -2.29. The molecule has 6 rings (SSSR count). The Morgan fingerprint density at radius 3 is 2.38 bits per heavy atom. The quantitative estimate of drug-likeness (QED) is 0.224. The lowest BCUT2D eigenvalue weighted by molar-refractivity contribution is -0.0447. The van der Waals surface area contributed by atoms with Crippen LogP contribution in [0.4, 0.5) is 23.0 Å². The molecule has 0 fully saturated rings. The second-order valence-corrected chi connectivity index (χ2v) is 8.32. The number of carbonyl (C=O) groups is 2. The number of hydrogen-bond donors (Lipinski definition) is 2. The van der Waals surface area contributed by atoms with Gasteiger partial charge in [-0.2, -0.15) is 4.99 Å². The summed E-state index contributed by atoms with van der Waals surface area (Å²) in [6.07, 6.45) is 6.23. The fraction of sp³-hybridized carbons (Fsp3) is 0.182. The van der Waals surface area contributed by atoms with Crippen molar-refractivity contribution >= 4 is 52.1 Å². The molecule has 1 aliphatic heterocycles. The number of nitrogens with two attached hydrogens (primary N) is 2. The van der Waals surface area contributed by atoms with Crippen LogP contribution >= 0.6 is 0 Å². The second kappa shape index (κ2) is 8.77. The molecule has 0 saturated heterocycles. The van der Waals surface area contributed by atoms with Crippen LogP contribution < -0.4 is 16.1 Å². The van der Waals surface area contributed by atoms with Crippen molar-refractivity contribution < 1.29 is 23.7 Å². The van der Waals surface area contributed by atoms with E-state index in [0.29, 0.717) is 29.7 Å². The molecule has 5 aromatic rings. The Balaban J connectivity index is 1.53. The standard InChI is InChI=1S/C22H19N12O5/c1-3-33-16-11(6-26-7-12(16)27-20(33)14-18(23)31-38-29-14)22(36)37-34(4-2)17-10(9-35)5-25-8-13(17)28-21(34)15-19(24)32-39-30-15/h5-9H,3-4H2,1-2H3,(H2,23,31)(H2,24,32)/q+1. The molecule has 0 radical (unpaired) electrons. The summed E-state index contributed by atoms with van der Waals surface area (Å²) in [4.78, 5) is 49.5. The molecule has 0 saturated carbocycles. The highest BCUT2D eigenvalue weighted by molar-refractivity contribution is 6.15. The highest BCUT2D eigenvalue weighted by Crippen LogP contribution is 2.45. The molecule has 1 atom stereocenters. The molecule has 6 heterocycles. The Kier molecular flexibility index (Phi) is 5.35. The van der Waals surface area contributed by atoms with Gasteiger partial charge in [-0.05, 0) is 39.1 Å². The number of anilines is 2. The Labute approximate surface area is 217 Å². The van der Waals surface area contributed by atoms with Crippen LogP contribution in [0.25, 0.3) is 22.6 Å². The number of aromatic nitrogens is 8. The highest BCUT2D eigenvalue weighted by atomic mass is 16.7. The van der Waals surface area contributed by atoms with Crippen LogP contribution in [-0.4, -0.2) is 64.8 Å². The summed E-state index contributed by atoms with van der Waals surface area (Å²) in [5.74, 6) is -0.424. The van der Waals surface area contributed by atoms with Gasteiger partial charge in [0, 0.05) is 18.9 Å². The van der Waals surface area contributed by atoms with E-state index in [1.165, 1.54) is 24.8 Å². The molecule has 4 N–H and O–H groups in total. The Morgan fingerprint density at radius 2 is 1.74 bits per heavy atom. The lowest BCUT2D eigenvalue weighted by atomic mass is 10.2. The number of carbonyl (C=O) groups excluding carboxylic acids is 2. The zero-order chi connectivity index (χ0) is 27.3. The topological polar surface area (TPSA) is 229 Å². The summed E-state index contributed by atoms with van der Waals surface area (Å²) in [5, 5.41) is 14.9. The fourth-order valence-electron chi connectivity index (χ4n) is 4.62. The maximum atomic E-state index is 14.0. The number of hydroxylamine groups is 2. The molecule has 5 aromatic heterocycles. The van der Waals surface area contributed by atoms with Crippen LogP contribution in [0.5, 0.6) is 0 Å². The maximum Gasteiger partial charge on any atom is 0.402 e. The normalized spacial score (nSPS) is 16.3. The molecule has 0 aliphatic carbocycles. The largest absolute Gasteiger partial charge is 0.402 e. The summed E-state index contributed by atoms with van der Waals surface area (Å²) in [5.41, 5.74) is 13.7. The van der Waals surface area contributed by atoms with Gasteiger partial charge < -0.3 is 16.0 Å². The zero-order valence-electron chi connectivity index (χ0n) is 20.5. The number of aldehydes is 1. The molecular weight excluding hydrogens is 512 g/mol. The van der Waals surface area contributed by atoms with Crippen LogP contribution in [-0.2, 0) is 11.4 Å². The second-order valence-electron chi connectivity index (χ2n) is 8.32. The van der Waals surface area contributed by atoms with Gasteiger partial charge in [-0.15, -0.1) is 0 Å². The first-order valence-electron chi connectivity index (χ1n) is 11.6. The first kappa shape index (κ1) is 23.8. The third-order valence-electron chi connectivity index (χ3n) is 6.30. The smallest absolute Gasteiger partial charge is 0.379 e. The average Bonchev–Trinajstić information content (AvgIpc) is 3.72. The van der Waals surface area contributed by atoms with Crippen molar-refractivity contribution in [1.82, 2.24) is 44.8 Å². The van der Waals surface area contributed by atoms with Gasteiger partial charge in [-0.1, -0.05) is 0 Å². The first-order chi connectivity index (χ1) is 18.9. The molecule has 1 aliphatic rings.